The van der Waals surface area contributed by atoms with E-state index in [1.807, 2.05) is 34.6 Å². The number of ether oxygens (including phenoxy) is 17. The molecule has 133 heavy (non-hydrogen) atoms. The fourth-order valence-electron chi connectivity index (χ4n) is 23.6. The van der Waals surface area contributed by atoms with Crippen molar-refractivity contribution in [1.82, 2.24) is 5.32 Å². The summed E-state index contributed by atoms with van der Waals surface area (Å²) in [5, 5.41) is 237. The number of allylic oxidation sites excluding steroid dienone is 2. The van der Waals surface area contributed by atoms with Crippen LogP contribution < -0.4 is 5.32 Å². The molecule has 7 aliphatic heterocycles. The van der Waals surface area contributed by atoms with Crippen LogP contribution in [0.3, 0.4) is 0 Å². The van der Waals surface area contributed by atoms with Crippen molar-refractivity contribution in [2.45, 2.75) is 406 Å². The van der Waals surface area contributed by atoms with Crippen LogP contribution in [0.5, 0.6) is 0 Å². The summed E-state index contributed by atoms with van der Waals surface area (Å²) < 4.78 is 103. The van der Waals surface area contributed by atoms with Crippen LogP contribution in [-0.2, 0) is 104 Å². The number of rotatable bonds is 36. The van der Waals surface area contributed by atoms with Gasteiger partial charge in [-0.15, -0.1) is 0 Å². The number of aliphatic hydroxyl groups excluding tert-OH is 19. The number of fused-ring (bicyclic) bond motifs is 7. The molecular weight excluding hydrogens is 1770 g/mol. The van der Waals surface area contributed by atoms with E-state index < -0.39 is 353 Å². The van der Waals surface area contributed by atoms with Crippen molar-refractivity contribution in [3.63, 3.8) is 0 Å². The molecule has 47 atom stereocenters. The second-order valence-electron chi connectivity index (χ2n) is 40.9. The number of aliphatic carboxylic acids is 2. The Labute approximate surface area is 770 Å². The molecule has 12 rings (SSSR count). The summed E-state index contributed by atoms with van der Waals surface area (Å²) in [7, 11) is 1.24. The van der Waals surface area contributed by atoms with Gasteiger partial charge in [-0.25, -0.2) is 4.79 Å². The van der Waals surface area contributed by atoms with Crippen LogP contribution >= 0.6 is 0 Å². The van der Waals surface area contributed by atoms with Gasteiger partial charge in [0.15, 0.2) is 56.2 Å². The average Bonchev–Trinajstić information content (AvgIpc) is 0.772. The Balaban J connectivity index is 0.815. The van der Waals surface area contributed by atoms with Gasteiger partial charge in [-0.1, -0.05) is 93.7 Å². The molecule has 34 unspecified atom stereocenters. The highest BCUT2D eigenvalue weighted by molar-refractivity contribution is 5.80. The van der Waals surface area contributed by atoms with E-state index in [9.17, 15) is 126 Å². The van der Waals surface area contributed by atoms with Crippen LogP contribution in [0.2, 0.25) is 0 Å². The summed E-state index contributed by atoms with van der Waals surface area (Å²) in [6.07, 6.45) is -60.0. The molecule has 11 fully saturated rings. The molecule has 44 heteroatoms. The molecule has 7 heterocycles. The Morgan fingerprint density at radius 3 is 1.75 bits per heavy atom. The van der Waals surface area contributed by atoms with Crippen LogP contribution in [0.15, 0.2) is 11.6 Å². The van der Waals surface area contributed by atoms with Gasteiger partial charge in [-0.2, -0.15) is 0 Å². The van der Waals surface area contributed by atoms with E-state index in [0.717, 1.165) is 5.57 Å². The van der Waals surface area contributed by atoms with Crippen molar-refractivity contribution in [2.24, 2.45) is 62.1 Å². The Bertz CT molecular complexity index is 3890. The molecule has 0 aromatic carbocycles. The Morgan fingerprint density at radius 2 is 1.11 bits per heavy atom. The highest BCUT2D eigenvalue weighted by Crippen LogP contribution is 2.76. The average molecular weight is 1920 g/mol. The molecule has 0 amide bonds. The molecule has 7 saturated heterocycles. The van der Waals surface area contributed by atoms with E-state index >= 15 is 4.79 Å². The van der Waals surface area contributed by atoms with Crippen molar-refractivity contribution < 1.29 is 212 Å². The standard InChI is InChI=1S/C89H145NO43/c1-13-36(3)45(121-55(100)25-40(94)24-46(37(4)14-2)123-79-64(109)60(105)49(32-92)124-79)23-39(93)26-56(101)122-47-27-57(102)127-81(71(47)129-78-66(111)62(107)69(38(5)120-78)128-77-68(113)70(117-12)44(96)34-119-77)133-83(116)89-22-21-84(6,7)28-42(89)41-15-16-51-85(8)19-18-53(86(9,35-90-30-54(98)99)50(85)17-20-87(51,10)88(41,11)29-52(89)97)126-82-74(132-80-65(110)61(106)59(104)48(31-91)125-80)72(67(112)73(131-82)75(114)115)130-76-63(108)58(103)43(95)33-118-76/h15,36-40,42-53,57-74,76-82,90-97,102-113H,13-14,16-35H2,1-12H3,(H,98,99)(H,114,115)/t36-,37-,38?,39-,40-,42?,43?,44?,45-,46-,47?,48?,49?,50?,51?,52+,53-,57?,58?,59?,60?,61?,62?,63?,64?,65?,66?,67?,68?,69?,70?,71?,72?,73?,74?,76?,77?,78?,79?,80?,81?,82?,85-,86-,87+,88+,89+/m0/s1. The fraction of sp³-hybridized carbons (Fsp3) is 0.921. The van der Waals surface area contributed by atoms with Crippen LogP contribution in [-0.4, -0.2) is 411 Å². The minimum absolute atomic E-state index is 0.0155. The van der Waals surface area contributed by atoms with Crippen LogP contribution in [0.25, 0.3) is 0 Å². The fourth-order valence-corrected chi connectivity index (χ4v) is 23.6. The van der Waals surface area contributed by atoms with Crippen molar-refractivity contribution in [3.8, 4) is 0 Å². The zero-order valence-corrected chi connectivity index (χ0v) is 77.3. The zero-order chi connectivity index (χ0) is 97.7. The molecule has 22 N–H and O–H groups in total. The van der Waals surface area contributed by atoms with Gasteiger partial charge < -0.3 is 193 Å². The molecule has 44 nitrogen and oxygen atoms in total. The van der Waals surface area contributed by atoms with Crippen LogP contribution in [0.1, 0.15) is 179 Å². The number of carboxylic acids is 2. The van der Waals surface area contributed by atoms with E-state index in [1.165, 1.54) is 14.0 Å². The molecule has 4 saturated carbocycles. The summed E-state index contributed by atoms with van der Waals surface area (Å²) in [5.41, 5.74) is -5.14. The third kappa shape index (κ3) is 21.9. The number of methoxy groups -OCH3 is 1. The van der Waals surface area contributed by atoms with Gasteiger partial charge in [0, 0.05) is 38.3 Å². The molecule has 5 aliphatic carbocycles. The molecule has 0 aromatic rings. The van der Waals surface area contributed by atoms with E-state index in [0.29, 0.717) is 51.4 Å². The lowest BCUT2D eigenvalue weighted by Gasteiger charge is -2.72. The van der Waals surface area contributed by atoms with Crippen molar-refractivity contribution in [1.29, 1.82) is 0 Å². The topological polar surface area (TPSA) is 679 Å². The summed E-state index contributed by atoms with van der Waals surface area (Å²) >= 11 is 0. The number of esters is 3. The summed E-state index contributed by atoms with van der Waals surface area (Å²) in [6, 6.07) is 0. The molecule has 12 aliphatic rings. The predicted molar refractivity (Wildman–Crippen MR) is 446 cm³/mol. The molecule has 0 spiro atoms. The lowest BCUT2D eigenvalue weighted by Crippen LogP contribution is -2.70. The minimum atomic E-state index is -2.27. The van der Waals surface area contributed by atoms with Gasteiger partial charge in [0.2, 0.25) is 6.29 Å². The first-order chi connectivity index (χ1) is 62.5. The van der Waals surface area contributed by atoms with Gasteiger partial charge in [-0.05, 0) is 116 Å². The Morgan fingerprint density at radius 1 is 0.541 bits per heavy atom. The maximum atomic E-state index is 16.4. The predicted octanol–water partition coefficient (Wildman–Crippen LogP) is -4.06. The number of hydrogen-bond acceptors (Lipinski definition) is 42. The number of carbonyl (C=O) groups excluding carboxylic acids is 3. The quantitative estimate of drug-likeness (QED) is 0.0123. The Hall–Kier alpha value is -4.27. The smallest absolute Gasteiger partial charge is 0.335 e. The third-order valence-corrected chi connectivity index (χ3v) is 31.9. The van der Waals surface area contributed by atoms with Gasteiger partial charge in [0.05, 0.1) is 82.4 Å². The molecule has 0 aromatic heterocycles. The second kappa shape index (κ2) is 43.7. The molecule has 0 radical (unpaired) electrons. The number of nitrogens with one attached hydrogen (secondary N) is 1. The summed E-state index contributed by atoms with van der Waals surface area (Å²) in [5.74, 6) is -8.29. The van der Waals surface area contributed by atoms with E-state index in [-0.39, 0.29) is 57.1 Å². The van der Waals surface area contributed by atoms with Gasteiger partial charge in [0.25, 0.3) is 0 Å². The molecule has 764 valence electrons. The number of hydrogen-bond donors (Lipinski definition) is 22. The summed E-state index contributed by atoms with van der Waals surface area (Å²) in [6.45, 7) is 17.8. The number of carboxylic acid groups (broad SMARTS) is 2. The second-order valence-corrected chi connectivity index (χ2v) is 40.9. The van der Waals surface area contributed by atoms with E-state index in [4.69, 9.17) is 80.5 Å². The normalized spacial score (nSPS) is 46.7. The van der Waals surface area contributed by atoms with Crippen molar-refractivity contribution in [2.75, 3.05) is 46.6 Å². The maximum Gasteiger partial charge on any atom is 0.335 e. The number of carbonyl (C=O) groups is 5. The monoisotopic (exact) mass is 1920 g/mol. The van der Waals surface area contributed by atoms with E-state index in [1.54, 1.807) is 13.8 Å². The largest absolute Gasteiger partial charge is 0.480 e. The SMILES string of the molecule is CC[C@H](C)[C@H](C[C@H](O)CC(=O)OC1CC(O)OC(OC(=O)[C@]23CCC(C)(C)CC2C2=CCC4[C@@]5(C)CC[C@H](OC6OC(C(=O)O)C(O)C(OC7OCC(O)C(O)C7O)C6OC6OC(CO)C(O)C(O)C6O)[C@@](C)(CNCC(=O)O)C5CC[C@@]4(C)[C@]2(C)C[C@H]3O)C1OC1OC(C)C(OC2OCC(O)C(OC)C2O)C(O)C1O)OC(=O)C[C@@H](O)C[C@H](OC1OC(CO)C(O)C1O)[C@@H](C)CC. The lowest BCUT2D eigenvalue weighted by molar-refractivity contribution is -0.392. The highest BCUT2D eigenvalue weighted by Gasteiger charge is 2.73. The zero-order valence-electron chi connectivity index (χ0n) is 77.3. The third-order valence-electron chi connectivity index (χ3n) is 31.9. The first kappa shape index (κ1) is 108. The van der Waals surface area contributed by atoms with Gasteiger partial charge in [-0.3, -0.25) is 19.2 Å². The van der Waals surface area contributed by atoms with Crippen molar-refractivity contribution in [3.05, 3.63) is 11.6 Å². The maximum absolute atomic E-state index is 16.4. The Kier molecular flexibility index (Phi) is 35.3. The van der Waals surface area contributed by atoms with Gasteiger partial charge >= 0.3 is 29.8 Å². The number of aliphatic hydroxyl groups is 19. The van der Waals surface area contributed by atoms with E-state index in [2.05, 4.69) is 32.2 Å². The first-order valence-corrected chi connectivity index (χ1v) is 46.7. The lowest BCUT2D eigenvalue weighted by atomic mass is 9.33. The van der Waals surface area contributed by atoms with Gasteiger partial charge in [0.1, 0.15) is 134 Å². The minimum Gasteiger partial charge on any atom is -0.480 e. The van der Waals surface area contributed by atoms with Crippen LogP contribution in [0.4, 0.5) is 0 Å². The molecular formula is C89H145NO43. The highest BCUT2D eigenvalue weighted by atomic mass is 16.8. The van der Waals surface area contributed by atoms with Crippen molar-refractivity contribution >= 4 is 29.8 Å². The first-order valence-electron chi connectivity index (χ1n) is 46.7. The molecule has 0 bridgehead atoms. The summed E-state index contributed by atoms with van der Waals surface area (Å²) in [4.78, 5) is 70.4. The van der Waals surface area contributed by atoms with Crippen LogP contribution in [0, 0.1) is 62.1 Å².